The number of nitrogens with one attached hydrogen (secondary N) is 2. The van der Waals surface area contributed by atoms with E-state index in [-0.39, 0.29) is 49.2 Å². The highest BCUT2D eigenvalue weighted by atomic mass is 16.6. The van der Waals surface area contributed by atoms with Crippen LogP contribution in [0.5, 0.6) is 5.75 Å². The normalized spacial score (nSPS) is 9.80. The number of carbonyl (C=O) groups is 3. The van der Waals surface area contributed by atoms with Crippen molar-refractivity contribution in [2.75, 3.05) is 13.1 Å². The van der Waals surface area contributed by atoms with Gasteiger partial charge >= 0.3 is 5.97 Å². The van der Waals surface area contributed by atoms with Crippen LogP contribution in [0.25, 0.3) is 0 Å². The zero-order valence-corrected chi connectivity index (χ0v) is 13.7. The summed E-state index contributed by atoms with van der Waals surface area (Å²) in [6.45, 7) is 5.29. The Hall–Kier alpha value is -3.23. The highest BCUT2D eigenvalue weighted by molar-refractivity contribution is 5.92. The minimum atomic E-state index is -0.579. The summed E-state index contributed by atoms with van der Waals surface area (Å²) in [5.74, 6) is -1.03. The van der Waals surface area contributed by atoms with Gasteiger partial charge in [-0.1, -0.05) is 6.58 Å². The van der Waals surface area contributed by atoms with Gasteiger partial charge in [0.1, 0.15) is 5.75 Å². The second-order valence-corrected chi connectivity index (χ2v) is 5.11. The lowest BCUT2D eigenvalue weighted by Gasteiger charge is -2.07. The van der Waals surface area contributed by atoms with E-state index in [1.54, 1.807) is 6.92 Å². The molecular formula is C16H19N3O6. The predicted octanol–water partition coefficient (Wildman–Crippen LogP) is 1.09. The Morgan fingerprint density at radius 2 is 1.72 bits per heavy atom. The molecule has 0 spiro atoms. The molecule has 0 aromatic heterocycles. The summed E-state index contributed by atoms with van der Waals surface area (Å²) < 4.78 is 4.99. The molecule has 0 aliphatic carbocycles. The van der Waals surface area contributed by atoms with E-state index in [0.717, 1.165) is 0 Å². The molecule has 0 aliphatic heterocycles. The molecule has 9 heteroatoms. The summed E-state index contributed by atoms with van der Waals surface area (Å²) in [6.07, 6.45) is 0.0251. The van der Waals surface area contributed by atoms with Crippen LogP contribution in [0.2, 0.25) is 0 Å². The molecule has 2 amide bonds. The maximum Gasteiger partial charge on any atom is 0.312 e. The fourth-order valence-electron chi connectivity index (χ4n) is 1.65. The number of ether oxygens (including phenoxy) is 1. The summed E-state index contributed by atoms with van der Waals surface area (Å²) in [4.78, 5) is 44.3. The molecule has 0 radical (unpaired) electrons. The van der Waals surface area contributed by atoms with Crippen LogP contribution < -0.4 is 15.4 Å². The molecular weight excluding hydrogens is 330 g/mol. The molecule has 1 aromatic carbocycles. The molecule has 0 bridgehead atoms. The smallest absolute Gasteiger partial charge is 0.312 e. The number of rotatable bonds is 9. The molecule has 2 N–H and O–H groups in total. The van der Waals surface area contributed by atoms with Gasteiger partial charge < -0.3 is 15.4 Å². The highest BCUT2D eigenvalue weighted by Crippen LogP contribution is 2.17. The fourth-order valence-corrected chi connectivity index (χ4v) is 1.65. The first-order valence-corrected chi connectivity index (χ1v) is 7.45. The zero-order chi connectivity index (χ0) is 18.8. The topological polar surface area (TPSA) is 128 Å². The molecule has 0 atom stereocenters. The lowest BCUT2D eigenvalue weighted by Crippen LogP contribution is -2.32. The fraction of sp³-hybridized carbons (Fsp3) is 0.312. The van der Waals surface area contributed by atoms with Crippen molar-refractivity contribution in [3.8, 4) is 5.75 Å². The molecule has 0 saturated heterocycles. The van der Waals surface area contributed by atoms with Crippen molar-refractivity contribution in [1.29, 1.82) is 0 Å². The molecule has 0 saturated carbocycles. The second-order valence-electron chi connectivity index (χ2n) is 5.11. The Balaban J connectivity index is 2.23. The van der Waals surface area contributed by atoms with Gasteiger partial charge in [-0.15, -0.1) is 0 Å². The number of hydrogen-bond donors (Lipinski definition) is 2. The van der Waals surface area contributed by atoms with Crippen LogP contribution in [0.15, 0.2) is 36.4 Å². The van der Waals surface area contributed by atoms with Gasteiger partial charge in [0.15, 0.2) is 0 Å². The predicted molar refractivity (Wildman–Crippen MR) is 88.8 cm³/mol. The summed E-state index contributed by atoms with van der Waals surface area (Å²) in [5, 5.41) is 15.6. The average molecular weight is 349 g/mol. The van der Waals surface area contributed by atoms with Gasteiger partial charge in [-0.2, -0.15) is 0 Å². The third kappa shape index (κ3) is 7.73. The summed E-state index contributed by atoms with van der Waals surface area (Å²) in [6, 6.07) is 5.09. The van der Waals surface area contributed by atoms with Gasteiger partial charge in [0.05, 0.1) is 11.3 Å². The van der Waals surface area contributed by atoms with Crippen molar-refractivity contribution < 1.29 is 24.0 Å². The number of hydrogen-bond acceptors (Lipinski definition) is 6. The molecule has 9 nitrogen and oxygen atoms in total. The monoisotopic (exact) mass is 349 g/mol. The minimum absolute atomic E-state index is 0.0547. The molecule has 0 heterocycles. The van der Waals surface area contributed by atoms with E-state index >= 15 is 0 Å². The third-order valence-electron chi connectivity index (χ3n) is 2.96. The Labute approximate surface area is 144 Å². The van der Waals surface area contributed by atoms with E-state index in [4.69, 9.17) is 4.74 Å². The van der Waals surface area contributed by atoms with Crippen LogP contribution in [0.1, 0.15) is 19.8 Å². The zero-order valence-electron chi connectivity index (χ0n) is 13.7. The van der Waals surface area contributed by atoms with Crippen LogP contribution in [-0.2, 0) is 14.4 Å². The molecule has 25 heavy (non-hydrogen) atoms. The minimum Gasteiger partial charge on any atom is -0.426 e. The highest BCUT2D eigenvalue weighted by Gasteiger charge is 2.09. The first kappa shape index (κ1) is 19.8. The Morgan fingerprint density at radius 3 is 2.28 bits per heavy atom. The van der Waals surface area contributed by atoms with Crippen molar-refractivity contribution in [2.24, 2.45) is 0 Å². The number of esters is 1. The maximum atomic E-state index is 11.6. The summed E-state index contributed by atoms with van der Waals surface area (Å²) >= 11 is 0. The summed E-state index contributed by atoms with van der Waals surface area (Å²) in [5.41, 5.74) is 0.250. The summed E-state index contributed by atoms with van der Waals surface area (Å²) in [7, 11) is 0. The number of nitrogens with zero attached hydrogens (tertiary/aromatic N) is 1. The van der Waals surface area contributed by atoms with Gasteiger partial charge in [-0.3, -0.25) is 24.5 Å². The SMILES string of the molecule is C=C(C)C(=O)NCCC(=O)NCCC(=O)Oc1ccc([N+](=O)[O-])cc1. The van der Waals surface area contributed by atoms with Crippen LogP contribution in [-0.4, -0.2) is 35.8 Å². The lowest BCUT2D eigenvalue weighted by atomic mass is 10.3. The van der Waals surface area contributed by atoms with Crippen LogP contribution in [0.3, 0.4) is 0 Å². The standard InChI is InChI=1S/C16H19N3O6/c1-11(2)16(22)18-9-7-14(20)17-10-8-15(21)25-13-5-3-12(4-6-13)19(23)24/h3-6H,1,7-10H2,2H3,(H,17,20)(H,18,22). The Bertz CT molecular complexity index is 669. The van der Waals surface area contributed by atoms with Gasteiger partial charge in [-0.25, -0.2) is 0 Å². The molecule has 1 aromatic rings. The number of nitro groups is 1. The van der Waals surface area contributed by atoms with Crippen molar-refractivity contribution in [1.82, 2.24) is 10.6 Å². The van der Waals surface area contributed by atoms with E-state index in [1.165, 1.54) is 24.3 Å². The first-order valence-electron chi connectivity index (χ1n) is 7.45. The van der Waals surface area contributed by atoms with Crippen molar-refractivity contribution >= 4 is 23.5 Å². The number of benzene rings is 1. The first-order chi connectivity index (χ1) is 11.8. The van der Waals surface area contributed by atoms with Crippen molar-refractivity contribution in [3.63, 3.8) is 0 Å². The lowest BCUT2D eigenvalue weighted by molar-refractivity contribution is -0.384. The molecule has 1 rings (SSSR count). The second kappa shape index (κ2) is 9.81. The van der Waals surface area contributed by atoms with E-state index in [9.17, 15) is 24.5 Å². The van der Waals surface area contributed by atoms with E-state index < -0.39 is 10.9 Å². The molecule has 0 aliphatic rings. The van der Waals surface area contributed by atoms with Gasteiger partial charge in [-0.05, 0) is 19.1 Å². The van der Waals surface area contributed by atoms with Gasteiger partial charge in [0.2, 0.25) is 11.8 Å². The number of carbonyl (C=O) groups excluding carboxylic acids is 3. The van der Waals surface area contributed by atoms with E-state index in [1.807, 2.05) is 0 Å². The quantitative estimate of drug-likeness (QED) is 0.226. The van der Waals surface area contributed by atoms with Gasteiger partial charge in [0, 0.05) is 37.2 Å². The van der Waals surface area contributed by atoms with Crippen molar-refractivity contribution in [3.05, 3.63) is 46.5 Å². The Morgan fingerprint density at radius 1 is 1.12 bits per heavy atom. The number of nitro benzene ring substituents is 1. The van der Waals surface area contributed by atoms with Crippen LogP contribution in [0.4, 0.5) is 5.69 Å². The van der Waals surface area contributed by atoms with E-state index in [2.05, 4.69) is 17.2 Å². The van der Waals surface area contributed by atoms with Crippen LogP contribution >= 0.6 is 0 Å². The Kier molecular flexibility index (Phi) is 7.77. The molecule has 0 fully saturated rings. The number of non-ortho nitro benzene ring substituents is 1. The van der Waals surface area contributed by atoms with E-state index in [0.29, 0.717) is 5.57 Å². The molecule has 0 unspecified atom stereocenters. The number of amides is 2. The third-order valence-corrected chi connectivity index (χ3v) is 2.96. The van der Waals surface area contributed by atoms with Crippen LogP contribution in [0, 0.1) is 10.1 Å². The largest absolute Gasteiger partial charge is 0.426 e. The molecule has 134 valence electrons. The average Bonchev–Trinajstić information content (AvgIpc) is 2.55. The maximum absolute atomic E-state index is 11.6. The van der Waals surface area contributed by atoms with Crippen molar-refractivity contribution in [2.45, 2.75) is 19.8 Å². The van der Waals surface area contributed by atoms with Gasteiger partial charge in [0.25, 0.3) is 5.69 Å².